The van der Waals surface area contributed by atoms with Gasteiger partial charge in [-0.05, 0) is 6.42 Å². The summed E-state index contributed by atoms with van der Waals surface area (Å²) in [6.07, 6.45) is 0.872. The summed E-state index contributed by atoms with van der Waals surface area (Å²) in [5.74, 6) is -0.515. The van der Waals surface area contributed by atoms with Crippen molar-refractivity contribution in [1.82, 2.24) is 5.32 Å². The van der Waals surface area contributed by atoms with Crippen LogP contribution in [0, 0.1) is 11.3 Å². The van der Waals surface area contributed by atoms with Gasteiger partial charge in [-0.25, -0.2) is 0 Å². The number of hydrogen-bond donors (Lipinski definition) is 3. The topological polar surface area (TPSA) is 73.2 Å². The molecule has 1 saturated heterocycles. The summed E-state index contributed by atoms with van der Waals surface area (Å²) < 4.78 is 0. The zero-order valence-electron chi connectivity index (χ0n) is 5.55. The molecule has 1 fully saturated rings. The Kier molecular flexibility index (Phi) is 1.89. The van der Waals surface area contributed by atoms with Gasteiger partial charge in [-0.3, -0.25) is 10.2 Å². The molecule has 0 spiro atoms. The summed E-state index contributed by atoms with van der Waals surface area (Å²) >= 11 is 0. The Labute approximate surface area is 58.7 Å². The van der Waals surface area contributed by atoms with Gasteiger partial charge in [0.05, 0.1) is 12.3 Å². The molecule has 1 aliphatic heterocycles. The molecular weight excluding hydrogens is 132 g/mol. The van der Waals surface area contributed by atoms with Gasteiger partial charge < -0.3 is 10.4 Å². The molecule has 1 aliphatic rings. The summed E-state index contributed by atoms with van der Waals surface area (Å²) in [6.45, 7) is 0.747. The van der Waals surface area contributed by atoms with E-state index in [2.05, 4.69) is 5.32 Å². The molecule has 0 aromatic heterocycles. The van der Waals surface area contributed by atoms with Crippen molar-refractivity contribution in [3.63, 3.8) is 0 Å². The number of carbonyl (C=O) groups is 1. The number of hydrogen-bond acceptors (Lipinski definition) is 2. The highest BCUT2D eigenvalue weighted by atomic mass is 16.4. The molecule has 4 nitrogen and oxygen atoms in total. The third-order valence-electron chi connectivity index (χ3n) is 1.64. The highest BCUT2D eigenvalue weighted by Crippen LogP contribution is 2.13. The van der Waals surface area contributed by atoms with E-state index in [1.54, 1.807) is 0 Å². The van der Waals surface area contributed by atoms with E-state index < -0.39 is 5.97 Å². The van der Waals surface area contributed by atoms with Crippen LogP contribution < -0.4 is 5.32 Å². The van der Waals surface area contributed by atoms with E-state index in [4.69, 9.17) is 10.5 Å². The number of aliphatic carboxylic acids is 1. The van der Waals surface area contributed by atoms with Crippen molar-refractivity contribution in [3.05, 3.63) is 0 Å². The monoisotopic (exact) mass is 142 g/mol. The van der Waals surface area contributed by atoms with Gasteiger partial charge in [0.15, 0.2) is 0 Å². The van der Waals surface area contributed by atoms with Gasteiger partial charge in [-0.1, -0.05) is 0 Å². The average Bonchev–Trinajstić information content (AvgIpc) is 2.15. The van der Waals surface area contributed by atoms with Crippen LogP contribution in [0.25, 0.3) is 0 Å². The quantitative estimate of drug-likeness (QED) is 0.510. The largest absolute Gasteiger partial charge is 0.481 e. The van der Waals surface area contributed by atoms with Crippen molar-refractivity contribution >= 4 is 11.8 Å². The molecule has 0 aromatic carbocycles. The van der Waals surface area contributed by atoms with E-state index in [9.17, 15) is 4.79 Å². The van der Waals surface area contributed by atoms with E-state index in [1.165, 1.54) is 0 Å². The van der Waals surface area contributed by atoms with Gasteiger partial charge in [0.2, 0.25) is 0 Å². The fourth-order valence-corrected chi connectivity index (χ4v) is 1.08. The molecule has 0 radical (unpaired) electrons. The van der Waals surface area contributed by atoms with E-state index >= 15 is 0 Å². The van der Waals surface area contributed by atoms with Gasteiger partial charge in [0, 0.05) is 12.5 Å². The van der Waals surface area contributed by atoms with E-state index in [1.807, 2.05) is 0 Å². The third-order valence-corrected chi connectivity index (χ3v) is 1.64. The normalized spacial score (nSPS) is 24.4. The molecule has 0 amide bonds. The van der Waals surface area contributed by atoms with Gasteiger partial charge in [-0.15, -0.1) is 0 Å². The van der Waals surface area contributed by atoms with Gasteiger partial charge in [0.1, 0.15) is 0 Å². The molecule has 0 aromatic rings. The highest BCUT2D eigenvalue weighted by molar-refractivity contribution is 5.86. The van der Waals surface area contributed by atoms with Crippen LogP contribution in [-0.2, 0) is 4.79 Å². The first-order chi connectivity index (χ1) is 4.70. The molecule has 1 atom stereocenters. The Morgan fingerprint density at radius 2 is 2.60 bits per heavy atom. The van der Waals surface area contributed by atoms with Crippen molar-refractivity contribution in [3.8, 4) is 0 Å². The van der Waals surface area contributed by atoms with Crippen LogP contribution in [0.2, 0.25) is 0 Å². The highest BCUT2D eigenvalue weighted by Gasteiger charge is 2.22. The molecule has 4 heteroatoms. The van der Waals surface area contributed by atoms with Crippen LogP contribution in [0.4, 0.5) is 0 Å². The predicted molar refractivity (Wildman–Crippen MR) is 36.1 cm³/mol. The van der Waals surface area contributed by atoms with Gasteiger partial charge in [0.25, 0.3) is 0 Å². The molecule has 56 valence electrons. The second-order valence-electron chi connectivity index (χ2n) is 2.42. The Balaban J connectivity index is 2.40. The second-order valence-corrected chi connectivity index (χ2v) is 2.42. The van der Waals surface area contributed by atoms with E-state index in [0.717, 1.165) is 13.0 Å². The Morgan fingerprint density at radius 3 is 3.00 bits per heavy atom. The van der Waals surface area contributed by atoms with Crippen molar-refractivity contribution < 1.29 is 9.90 Å². The third kappa shape index (κ3) is 1.46. The van der Waals surface area contributed by atoms with Gasteiger partial charge in [-0.2, -0.15) is 0 Å². The fraction of sp³-hybridized carbons (Fsp3) is 0.667. The lowest BCUT2D eigenvalue weighted by Crippen LogP contribution is -2.20. The van der Waals surface area contributed by atoms with Crippen molar-refractivity contribution in [2.24, 2.45) is 5.92 Å². The smallest absolute Gasteiger partial charge is 0.304 e. The van der Waals surface area contributed by atoms with Crippen molar-refractivity contribution in [2.45, 2.75) is 12.8 Å². The summed E-state index contributed by atoms with van der Waals surface area (Å²) in [4.78, 5) is 10.2. The lowest BCUT2D eigenvalue weighted by molar-refractivity contribution is -0.137. The van der Waals surface area contributed by atoms with Gasteiger partial charge >= 0.3 is 5.97 Å². The van der Waals surface area contributed by atoms with Crippen LogP contribution in [-0.4, -0.2) is 23.5 Å². The van der Waals surface area contributed by atoms with Crippen LogP contribution in [0.1, 0.15) is 12.8 Å². The molecule has 1 heterocycles. The summed E-state index contributed by atoms with van der Waals surface area (Å²) in [5, 5.41) is 18.4. The van der Waals surface area contributed by atoms with E-state index in [-0.39, 0.29) is 12.3 Å². The minimum Gasteiger partial charge on any atom is -0.481 e. The Morgan fingerprint density at radius 1 is 1.90 bits per heavy atom. The average molecular weight is 142 g/mol. The first kappa shape index (κ1) is 7.05. The first-order valence-electron chi connectivity index (χ1n) is 3.24. The van der Waals surface area contributed by atoms with Crippen LogP contribution in [0.15, 0.2) is 0 Å². The molecule has 1 unspecified atom stereocenters. The minimum atomic E-state index is -0.821. The molecule has 0 saturated carbocycles. The molecule has 0 aliphatic carbocycles. The SMILES string of the molecule is N=C1NCCC1CC(=O)O. The Hall–Kier alpha value is -1.06. The molecular formula is C6H10N2O2. The number of amidine groups is 1. The number of nitrogens with one attached hydrogen (secondary N) is 2. The molecule has 3 N–H and O–H groups in total. The number of rotatable bonds is 2. The molecule has 1 rings (SSSR count). The summed E-state index contributed by atoms with van der Waals surface area (Å²) in [5.41, 5.74) is 0. The molecule has 0 bridgehead atoms. The van der Waals surface area contributed by atoms with Crippen molar-refractivity contribution in [2.75, 3.05) is 6.54 Å². The maximum absolute atomic E-state index is 10.2. The maximum Gasteiger partial charge on any atom is 0.304 e. The summed E-state index contributed by atoms with van der Waals surface area (Å²) in [6, 6.07) is 0. The zero-order valence-corrected chi connectivity index (χ0v) is 5.55. The maximum atomic E-state index is 10.2. The lowest BCUT2D eigenvalue weighted by Gasteiger charge is -2.02. The van der Waals surface area contributed by atoms with Crippen LogP contribution in [0.5, 0.6) is 0 Å². The second kappa shape index (κ2) is 2.68. The Bertz CT molecular complexity index is 167. The number of carboxylic acids is 1. The fourth-order valence-electron chi connectivity index (χ4n) is 1.08. The minimum absolute atomic E-state index is 0.0718. The predicted octanol–water partition coefficient (Wildman–Crippen LogP) is 0.0479. The summed E-state index contributed by atoms with van der Waals surface area (Å²) in [7, 11) is 0. The standard InChI is InChI=1S/C6H10N2O2/c7-6-4(1-2-8-6)3-5(9)10/h4H,1-3H2,(H2,7,8)(H,9,10). The van der Waals surface area contributed by atoms with Crippen molar-refractivity contribution in [1.29, 1.82) is 5.41 Å². The lowest BCUT2D eigenvalue weighted by atomic mass is 10.0. The van der Waals surface area contributed by atoms with Crippen LogP contribution in [0.3, 0.4) is 0 Å². The number of carboxylic acid groups (broad SMARTS) is 1. The molecule has 10 heavy (non-hydrogen) atoms. The zero-order chi connectivity index (χ0) is 7.56. The van der Waals surface area contributed by atoms with E-state index in [0.29, 0.717) is 5.84 Å². The first-order valence-corrected chi connectivity index (χ1v) is 3.24. The van der Waals surface area contributed by atoms with Crippen LogP contribution >= 0.6 is 0 Å².